The van der Waals surface area contributed by atoms with Gasteiger partial charge in [-0.3, -0.25) is 14.7 Å². The van der Waals surface area contributed by atoms with E-state index in [1.165, 1.54) is 4.90 Å². The van der Waals surface area contributed by atoms with Crippen LogP contribution in [-0.4, -0.2) is 21.8 Å². The molecule has 142 valence electrons. The number of para-hydroxylation sites is 1. The molecule has 3 amide bonds. The average molecular weight is 381 g/mol. The number of aromatic nitrogens is 1. The molecule has 0 unspecified atom stereocenters. The van der Waals surface area contributed by atoms with Crippen molar-refractivity contribution in [2.45, 2.75) is 19.0 Å². The Morgan fingerprint density at radius 1 is 0.897 bits per heavy atom. The Bertz CT molecular complexity index is 1270. The van der Waals surface area contributed by atoms with E-state index in [1.54, 1.807) is 13.1 Å². The molecule has 1 N–H and O–H groups in total. The molecule has 5 nitrogen and oxygen atoms in total. The summed E-state index contributed by atoms with van der Waals surface area (Å²) in [6.45, 7) is 1.95. The van der Waals surface area contributed by atoms with E-state index in [1.807, 2.05) is 72.8 Å². The first kappa shape index (κ1) is 17.4. The number of carbonyl (C=O) groups is 2. The van der Waals surface area contributed by atoms with Crippen LogP contribution in [0.4, 0.5) is 4.79 Å². The summed E-state index contributed by atoms with van der Waals surface area (Å²) in [6.07, 6.45) is 1.72. The van der Waals surface area contributed by atoms with Crippen molar-refractivity contribution >= 4 is 33.6 Å². The van der Waals surface area contributed by atoms with Gasteiger partial charge in [-0.1, -0.05) is 66.7 Å². The SMILES string of the molecule is C[C@]1(c2cccc3ccccc23)NC(=O)N(Cc2cccc3cccnc23)C1=O. The first-order valence-electron chi connectivity index (χ1n) is 9.53. The maximum absolute atomic E-state index is 13.4. The summed E-state index contributed by atoms with van der Waals surface area (Å²) in [5.74, 6) is -0.258. The first-order valence-corrected chi connectivity index (χ1v) is 9.53. The van der Waals surface area contributed by atoms with E-state index in [2.05, 4.69) is 10.3 Å². The number of urea groups is 1. The Morgan fingerprint density at radius 3 is 2.52 bits per heavy atom. The van der Waals surface area contributed by atoms with E-state index in [4.69, 9.17) is 0 Å². The van der Waals surface area contributed by atoms with Crippen molar-refractivity contribution in [3.63, 3.8) is 0 Å². The van der Waals surface area contributed by atoms with Crippen molar-refractivity contribution in [1.29, 1.82) is 0 Å². The lowest BCUT2D eigenvalue weighted by Crippen LogP contribution is -2.41. The lowest BCUT2D eigenvalue weighted by molar-refractivity contribution is -0.131. The smallest absolute Gasteiger partial charge is 0.319 e. The van der Waals surface area contributed by atoms with Crippen molar-refractivity contribution in [3.05, 3.63) is 90.1 Å². The van der Waals surface area contributed by atoms with Crippen molar-refractivity contribution in [3.8, 4) is 0 Å². The third-order valence-corrected chi connectivity index (χ3v) is 5.65. The monoisotopic (exact) mass is 381 g/mol. The quantitative estimate of drug-likeness (QED) is 0.537. The van der Waals surface area contributed by atoms with E-state index < -0.39 is 11.6 Å². The normalized spacial score (nSPS) is 19.1. The zero-order valence-corrected chi connectivity index (χ0v) is 15.9. The number of rotatable bonds is 3. The van der Waals surface area contributed by atoms with Crippen LogP contribution in [0.5, 0.6) is 0 Å². The predicted molar refractivity (Wildman–Crippen MR) is 112 cm³/mol. The van der Waals surface area contributed by atoms with Gasteiger partial charge >= 0.3 is 6.03 Å². The molecule has 0 bridgehead atoms. The second-order valence-electron chi connectivity index (χ2n) is 7.47. The molecule has 5 rings (SSSR count). The molecule has 1 atom stereocenters. The third kappa shape index (κ3) is 2.66. The van der Waals surface area contributed by atoms with Gasteiger partial charge in [0.05, 0.1) is 12.1 Å². The number of imide groups is 1. The molecule has 0 radical (unpaired) electrons. The van der Waals surface area contributed by atoms with Gasteiger partial charge in [0.1, 0.15) is 5.54 Å². The van der Waals surface area contributed by atoms with E-state index in [0.717, 1.165) is 32.8 Å². The minimum Gasteiger partial charge on any atom is -0.319 e. The van der Waals surface area contributed by atoms with Crippen molar-refractivity contribution in [2.75, 3.05) is 0 Å². The van der Waals surface area contributed by atoms with Crippen molar-refractivity contribution in [2.24, 2.45) is 0 Å². The number of hydrogen-bond acceptors (Lipinski definition) is 3. The van der Waals surface area contributed by atoms with Crippen molar-refractivity contribution < 1.29 is 9.59 Å². The molecule has 0 spiro atoms. The fourth-order valence-corrected chi connectivity index (χ4v) is 4.15. The number of nitrogens with one attached hydrogen (secondary N) is 1. The summed E-state index contributed by atoms with van der Waals surface area (Å²) in [5, 5.41) is 5.89. The molecule has 29 heavy (non-hydrogen) atoms. The summed E-state index contributed by atoms with van der Waals surface area (Å²) >= 11 is 0. The van der Waals surface area contributed by atoms with Crippen LogP contribution < -0.4 is 5.32 Å². The van der Waals surface area contributed by atoms with Crippen LogP contribution >= 0.6 is 0 Å². The highest BCUT2D eigenvalue weighted by molar-refractivity contribution is 6.09. The Hall–Kier alpha value is -3.73. The number of carbonyl (C=O) groups excluding carboxylic acids is 2. The molecule has 5 heteroatoms. The molecular weight excluding hydrogens is 362 g/mol. The summed E-state index contributed by atoms with van der Waals surface area (Å²) in [5.41, 5.74) is 1.33. The summed E-state index contributed by atoms with van der Waals surface area (Å²) in [7, 11) is 0. The lowest BCUT2D eigenvalue weighted by Gasteiger charge is -2.24. The van der Waals surface area contributed by atoms with Gasteiger partial charge in [0.25, 0.3) is 5.91 Å². The van der Waals surface area contributed by atoms with Gasteiger partial charge in [-0.15, -0.1) is 0 Å². The Morgan fingerprint density at radius 2 is 1.62 bits per heavy atom. The molecule has 1 saturated heterocycles. The molecule has 1 fully saturated rings. The molecular formula is C24H19N3O2. The van der Waals surface area contributed by atoms with Gasteiger partial charge < -0.3 is 5.32 Å². The van der Waals surface area contributed by atoms with Gasteiger partial charge in [-0.2, -0.15) is 0 Å². The molecule has 0 aliphatic carbocycles. The summed E-state index contributed by atoms with van der Waals surface area (Å²) in [4.78, 5) is 32.0. The standard InChI is InChI=1S/C24H19N3O2/c1-24(20-13-5-8-16-7-2-3-12-19(16)20)22(28)27(23(29)26-24)15-18-10-4-9-17-11-6-14-25-21(17)18/h2-14H,15H2,1H3,(H,26,29)/t24-/m1/s1. The highest BCUT2D eigenvalue weighted by Crippen LogP contribution is 2.34. The second kappa shape index (κ2) is 6.41. The highest BCUT2D eigenvalue weighted by atomic mass is 16.2. The van der Waals surface area contributed by atoms with Gasteiger partial charge in [-0.25, -0.2) is 4.79 Å². The van der Waals surface area contributed by atoms with Crippen LogP contribution in [0.1, 0.15) is 18.1 Å². The van der Waals surface area contributed by atoms with Crippen LogP contribution in [0.25, 0.3) is 21.7 Å². The average Bonchev–Trinajstić information content (AvgIpc) is 2.97. The zero-order valence-electron chi connectivity index (χ0n) is 15.9. The largest absolute Gasteiger partial charge is 0.325 e. The van der Waals surface area contributed by atoms with Gasteiger partial charge in [0.2, 0.25) is 0 Å². The fraction of sp³-hybridized carbons (Fsp3) is 0.125. The first-order chi connectivity index (χ1) is 14.1. The predicted octanol–water partition coefficient (Wildman–Crippen LogP) is 4.36. The molecule has 0 saturated carbocycles. The number of amides is 3. The number of hydrogen-bond donors (Lipinski definition) is 1. The maximum Gasteiger partial charge on any atom is 0.325 e. The van der Waals surface area contributed by atoms with E-state index in [0.29, 0.717) is 0 Å². The van der Waals surface area contributed by atoms with E-state index >= 15 is 0 Å². The molecule has 1 aliphatic rings. The van der Waals surface area contributed by atoms with Crippen LogP contribution in [0.15, 0.2) is 79.0 Å². The topological polar surface area (TPSA) is 62.3 Å². The third-order valence-electron chi connectivity index (χ3n) is 5.65. The molecule has 3 aromatic carbocycles. The highest BCUT2D eigenvalue weighted by Gasteiger charge is 2.49. The molecule has 2 heterocycles. The van der Waals surface area contributed by atoms with Crippen LogP contribution in [-0.2, 0) is 16.9 Å². The summed E-state index contributed by atoms with van der Waals surface area (Å²) in [6, 6.07) is 23.0. The number of nitrogens with zero attached hydrogens (tertiary/aromatic N) is 2. The number of fused-ring (bicyclic) bond motifs is 2. The fourth-order valence-electron chi connectivity index (χ4n) is 4.15. The van der Waals surface area contributed by atoms with E-state index in [9.17, 15) is 9.59 Å². The second-order valence-corrected chi connectivity index (χ2v) is 7.47. The van der Waals surface area contributed by atoms with Gasteiger partial charge in [0.15, 0.2) is 0 Å². The zero-order chi connectivity index (χ0) is 20.0. The van der Waals surface area contributed by atoms with Crippen molar-refractivity contribution in [1.82, 2.24) is 15.2 Å². The van der Waals surface area contributed by atoms with E-state index in [-0.39, 0.29) is 12.5 Å². The molecule has 1 aliphatic heterocycles. The van der Waals surface area contributed by atoms with Crippen LogP contribution in [0.3, 0.4) is 0 Å². The maximum atomic E-state index is 13.4. The van der Waals surface area contributed by atoms with Gasteiger partial charge in [-0.05, 0) is 34.9 Å². The number of benzene rings is 3. The minimum atomic E-state index is -1.12. The Kier molecular flexibility index (Phi) is 3.84. The minimum absolute atomic E-state index is 0.180. The molecule has 1 aromatic heterocycles. The molecule has 4 aromatic rings. The Labute approximate surface area is 168 Å². The Balaban J connectivity index is 1.56. The lowest BCUT2D eigenvalue weighted by atomic mass is 9.87. The van der Waals surface area contributed by atoms with Crippen LogP contribution in [0, 0.1) is 0 Å². The van der Waals surface area contributed by atoms with Crippen LogP contribution in [0.2, 0.25) is 0 Å². The summed E-state index contributed by atoms with van der Waals surface area (Å²) < 4.78 is 0. The number of pyridine rings is 1. The van der Waals surface area contributed by atoms with Gasteiger partial charge in [0, 0.05) is 11.6 Å².